The largest absolute Gasteiger partial charge is 0.352 e. The SMILES string of the molecule is CS[C@H](C)C(=O)NC1CCN(C(=O)NC2CCCCC2)CC1. The summed E-state index contributed by atoms with van der Waals surface area (Å²) in [6.07, 6.45) is 9.64. The molecule has 1 saturated heterocycles. The van der Waals surface area contributed by atoms with Crippen molar-refractivity contribution < 1.29 is 9.59 Å². The van der Waals surface area contributed by atoms with Crippen LogP contribution in [0.25, 0.3) is 0 Å². The van der Waals surface area contributed by atoms with Crippen LogP contribution in [0.1, 0.15) is 51.9 Å². The Morgan fingerprint density at radius 1 is 1.00 bits per heavy atom. The molecule has 0 aromatic carbocycles. The predicted octanol–water partition coefficient (Wildman–Crippen LogP) is 2.36. The van der Waals surface area contributed by atoms with Gasteiger partial charge in [-0.15, -0.1) is 0 Å². The van der Waals surface area contributed by atoms with Crippen molar-refractivity contribution in [2.75, 3.05) is 19.3 Å². The van der Waals surface area contributed by atoms with Gasteiger partial charge in [-0.25, -0.2) is 4.79 Å². The first-order valence-corrected chi connectivity index (χ1v) is 9.77. The van der Waals surface area contributed by atoms with Crippen molar-refractivity contribution >= 4 is 23.7 Å². The van der Waals surface area contributed by atoms with E-state index < -0.39 is 0 Å². The number of likely N-dealkylation sites (tertiary alicyclic amines) is 1. The van der Waals surface area contributed by atoms with Gasteiger partial charge in [0, 0.05) is 25.2 Å². The molecule has 2 fully saturated rings. The van der Waals surface area contributed by atoms with Crippen LogP contribution >= 0.6 is 11.8 Å². The van der Waals surface area contributed by atoms with E-state index in [4.69, 9.17) is 0 Å². The van der Waals surface area contributed by atoms with E-state index in [0.717, 1.165) is 38.8 Å². The van der Waals surface area contributed by atoms with E-state index in [1.807, 2.05) is 18.1 Å². The Hall–Kier alpha value is -0.910. The van der Waals surface area contributed by atoms with Crippen molar-refractivity contribution in [1.29, 1.82) is 0 Å². The van der Waals surface area contributed by atoms with Crippen molar-refractivity contribution in [3.63, 3.8) is 0 Å². The van der Waals surface area contributed by atoms with Gasteiger partial charge in [-0.1, -0.05) is 19.3 Å². The minimum atomic E-state index is -0.00682. The molecule has 1 aliphatic heterocycles. The van der Waals surface area contributed by atoms with E-state index in [0.29, 0.717) is 6.04 Å². The van der Waals surface area contributed by atoms with Crippen molar-refractivity contribution in [2.24, 2.45) is 0 Å². The van der Waals surface area contributed by atoms with Crippen molar-refractivity contribution in [3.05, 3.63) is 0 Å². The van der Waals surface area contributed by atoms with Crippen LogP contribution in [0.5, 0.6) is 0 Å². The second-order valence-corrected chi connectivity index (χ2v) is 7.61. The summed E-state index contributed by atoms with van der Waals surface area (Å²) >= 11 is 1.56. The van der Waals surface area contributed by atoms with Gasteiger partial charge < -0.3 is 15.5 Å². The van der Waals surface area contributed by atoms with E-state index in [2.05, 4.69) is 10.6 Å². The van der Waals surface area contributed by atoms with Crippen molar-refractivity contribution in [3.8, 4) is 0 Å². The molecule has 126 valence electrons. The van der Waals surface area contributed by atoms with Gasteiger partial charge in [-0.2, -0.15) is 11.8 Å². The highest BCUT2D eigenvalue weighted by Gasteiger charge is 2.26. The summed E-state index contributed by atoms with van der Waals surface area (Å²) in [5.41, 5.74) is 0. The lowest BCUT2D eigenvalue weighted by atomic mass is 9.95. The van der Waals surface area contributed by atoms with Crippen molar-refractivity contribution in [1.82, 2.24) is 15.5 Å². The molecule has 1 aliphatic carbocycles. The maximum Gasteiger partial charge on any atom is 0.317 e. The zero-order valence-corrected chi connectivity index (χ0v) is 14.6. The highest BCUT2D eigenvalue weighted by Crippen LogP contribution is 2.18. The van der Waals surface area contributed by atoms with Gasteiger partial charge in [0.15, 0.2) is 0 Å². The van der Waals surface area contributed by atoms with Crippen LogP contribution in [-0.4, -0.2) is 53.5 Å². The van der Waals surface area contributed by atoms with Crippen LogP contribution in [0, 0.1) is 0 Å². The van der Waals surface area contributed by atoms with E-state index >= 15 is 0 Å². The molecule has 6 heteroatoms. The number of carbonyl (C=O) groups excluding carboxylic acids is 2. The van der Waals surface area contributed by atoms with E-state index in [1.165, 1.54) is 19.3 Å². The fraction of sp³-hybridized carbons (Fsp3) is 0.875. The summed E-state index contributed by atoms with van der Waals surface area (Å²) in [6, 6.07) is 0.649. The molecule has 3 amide bonds. The first-order valence-electron chi connectivity index (χ1n) is 8.48. The Morgan fingerprint density at radius 3 is 2.18 bits per heavy atom. The summed E-state index contributed by atoms with van der Waals surface area (Å²) in [5, 5.41) is 6.25. The fourth-order valence-corrected chi connectivity index (χ4v) is 3.45. The molecular weight excluding hydrogens is 298 g/mol. The lowest BCUT2D eigenvalue weighted by Gasteiger charge is -2.34. The second-order valence-electron chi connectivity index (χ2n) is 6.43. The van der Waals surface area contributed by atoms with Crippen LogP contribution in [-0.2, 0) is 4.79 Å². The summed E-state index contributed by atoms with van der Waals surface area (Å²) in [6.45, 7) is 3.39. The number of piperidine rings is 1. The maximum absolute atomic E-state index is 12.3. The number of thioether (sulfide) groups is 1. The quantitative estimate of drug-likeness (QED) is 0.833. The molecule has 1 atom stereocenters. The molecule has 0 aromatic heterocycles. The van der Waals surface area contributed by atoms with Crippen LogP contribution in [0.4, 0.5) is 4.79 Å². The molecule has 1 saturated carbocycles. The lowest BCUT2D eigenvalue weighted by molar-refractivity contribution is -0.121. The normalized spacial score (nSPS) is 22.2. The lowest BCUT2D eigenvalue weighted by Crippen LogP contribution is -2.52. The molecule has 2 aliphatic rings. The molecule has 2 N–H and O–H groups in total. The molecule has 5 nitrogen and oxygen atoms in total. The third-order valence-corrected chi connectivity index (χ3v) is 5.71. The Morgan fingerprint density at radius 2 is 1.59 bits per heavy atom. The minimum absolute atomic E-state index is 0.00682. The number of urea groups is 1. The maximum atomic E-state index is 12.3. The Bertz CT molecular complexity index is 378. The van der Waals surface area contributed by atoms with Crippen LogP contribution in [0.2, 0.25) is 0 Å². The Labute approximate surface area is 138 Å². The molecule has 0 unspecified atom stereocenters. The standard InChI is InChI=1S/C16H29N3O2S/c1-12(22-2)15(20)17-14-8-10-19(11-9-14)16(21)18-13-6-4-3-5-7-13/h12-14H,3-11H2,1-2H3,(H,17,20)(H,18,21)/t12-/m1/s1. The summed E-state index contributed by atoms with van der Waals surface area (Å²) < 4.78 is 0. The topological polar surface area (TPSA) is 61.4 Å². The number of rotatable bonds is 4. The molecule has 0 radical (unpaired) electrons. The van der Waals surface area contributed by atoms with E-state index in [1.54, 1.807) is 11.8 Å². The highest BCUT2D eigenvalue weighted by atomic mass is 32.2. The number of hydrogen-bond acceptors (Lipinski definition) is 3. The monoisotopic (exact) mass is 327 g/mol. The molecule has 2 rings (SSSR count). The zero-order valence-electron chi connectivity index (χ0n) is 13.8. The molecule has 0 bridgehead atoms. The third kappa shape index (κ3) is 5.07. The third-order valence-electron chi connectivity index (χ3n) is 4.78. The minimum Gasteiger partial charge on any atom is -0.352 e. The predicted molar refractivity (Wildman–Crippen MR) is 91.1 cm³/mol. The van der Waals surface area contributed by atoms with Crippen LogP contribution < -0.4 is 10.6 Å². The van der Waals surface area contributed by atoms with Gasteiger partial charge in [0.05, 0.1) is 5.25 Å². The van der Waals surface area contributed by atoms with Gasteiger partial charge in [-0.3, -0.25) is 4.79 Å². The molecular formula is C16H29N3O2S. The summed E-state index contributed by atoms with van der Waals surface area (Å²) in [5.74, 6) is 0.109. The number of nitrogens with one attached hydrogen (secondary N) is 2. The fourth-order valence-electron chi connectivity index (χ4n) is 3.17. The molecule has 22 heavy (non-hydrogen) atoms. The van der Waals surface area contributed by atoms with Gasteiger partial charge in [0.2, 0.25) is 5.91 Å². The van der Waals surface area contributed by atoms with Gasteiger partial charge >= 0.3 is 6.03 Å². The number of nitrogens with zero attached hydrogens (tertiary/aromatic N) is 1. The zero-order chi connectivity index (χ0) is 15.9. The highest BCUT2D eigenvalue weighted by molar-refractivity contribution is 7.99. The molecule has 0 aromatic rings. The van der Waals surface area contributed by atoms with Gasteiger partial charge in [0.1, 0.15) is 0 Å². The average Bonchev–Trinajstić information content (AvgIpc) is 2.55. The average molecular weight is 327 g/mol. The number of carbonyl (C=O) groups is 2. The van der Waals surface area contributed by atoms with Crippen LogP contribution in [0.15, 0.2) is 0 Å². The first kappa shape index (κ1) is 17.4. The Kier molecular flexibility index (Phi) is 6.86. The smallest absolute Gasteiger partial charge is 0.317 e. The molecule has 1 heterocycles. The second kappa shape index (κ2) is 8.65. The molecule has 0 spiro atoms. The summed E-state index contributed by atoms with van der Waals surface area (Å²) in [7, 11) is 0. The van der Waals surface area contributed by atoms with Crippen molar-refractivity contribution in [2.45, 2.75) is 69.2 Å². The summed E-state index contributed by atoms with van der Waals surface area (Å²) in [4.78, 5) is 26.1. The van der Waals surface area contributed by atoms with E-state index in [9.17, 15) is 9.59 Å². The number of hydrogen-bond donors (Lipinski definition) is 2. The Balaban J connectivity index is 1.69. The first-order chi connectivity index (χ1) is 10.6. The van der Waals surface area contributed by atoms with Crippen LogP contribution in [0.3, 0.4) is 0 Å². The van der Waals surface area contributed by atoms with Gasteiger partial charge in [-0.05, 0) is 38.9 Å². The van der Waals surface area contributed by atoms with E-state index in [-0.39, 0.29) is 23.2 Å². The van der Waals surface area contributed by atoms with Gasteiger partial charge in [0.25, 0.3) is 0 Å². The number of amides is 3.